The number of benzene rings is 1. The number of hydrogen-bond acceptors (Lipinski definition) is 5. The van der Waals surface area contributed by atoms with Crippen LogP contribution in [0.1, 0.15) is 5.69 Å². The van der Waals surface area contributed by atoms with Crippen LogP contribution >= 0.6 is 11.8 Å². The van der Waals surface area contributed by atoms with Gasteiger partial charge in [0.1, 0.15) is 5.69 Å². The first-order valence-corrected chi connectivity index (χ1v) is 7.75. The summed E-state index contributed by atoms with van der Waals surface area (Å²) in [6, 6.07) is 12.1. The molecule has 5 nitrogen and oxygen atoms in total. The van der Waals surface area contributed by atoms with Crippen molar-refractivity contribution in [3.8, 4) is 16.9 Å². The molecule has 1 aromatic carbocycles. The average molecular weight is 297 g/mol. The van der Waals surface area contributed by atoms with Crippen LogP contribution < -0.4 is 5.73 Å². The number of aromatic nitrogens is 4. The topological polar surface area (TPSA) is 69.6 Å². The van der Waals surface area contributed by atoms with Crippen LogP contribution in [-0.2, 0) is 6.54 Å². The molecule has 0 saturated heterocycles. The highest BCUT2D eigenvalue weighted by molar-refractivity contribution is 7.98. The lowest BCUT2D eigenvalue weighted by Gasteiger charge is -2.08. The standard InChI is InChI=1S/C15H15N5S/c1-21-13-4-2-3-12(9-13)20-15(14(10-16)18-19-20)11-5-7-17-8-6-11/h2-9H,10,16H2,1H3. The van der Waals surface area contributed by atoms with Gasteiger partial charge in [-0.1, -0.05) is 11.3 Å². The lowest BCUT2D eigenvalue weighted by Crippen LogP contribution is -2.02. The van der Waals surface area contributed by atoms with Crippen molar-refractivity contribution in [1.29, 1.82) is 0 Å². The van der Waals surface area contributed by atoms with E-state index in [0.29, 0.717) is 6.54 Å². The molecule has 0 amide bonds. The molecule has 6 heteroatoms. The van der Waals surface area contributed by atoms with E-state index in [4.69, 9.17) is 5.73 Å². The van der Waals surface area contributed by atoms with Crippen LogP contribution in [0.3, 0.4) is 0 Å². The van der Waals surface area contributed by atoms with Crippen LogP contribution in [0.4, 0.5) is 0 Å². The Balaban J connectivity index is 2.17. The van der Waals surface area contributed by atoms with Crippen molar-refractivity contribution < 1.29 is 0 Å². The first kappa shape index (κ1) is 13.8. The molecule has 2 N–H and O–H groups in total. The Morgan fingerprint density at radius 2 is 2.00 bits per heavy atom. The molecule has 0 saturated carbocycles. The van der Waals surface area contributed by atoms with Crippen LogP contribution in [0.25, 0.3) is 16.9 Å². The smallest absolute Gasteiger partial charge is 0.105 e. The Bertz CT molecular complexity index is 739. The van der Waals surface area contributed by atoms with Gasteiger partial charge in [-0.05, 0) is 36.6 Å². The second-order valence-electron chi connectivity index (χ2n) is 4.44. The number of rotatable bonds is 4. The second kappa shape index (κ2) is 6.07. The predicted octanol–water partition coefficient (Wildman–Crippen LogP) is 2.51. The van der Waals surface area contributed by atoms with Gasteiger partial charge in [-0.15, -0.1) is 16.9 Å². The van der Waals surface area contributed by atoms with E-state index in [1.54, 1.807) is 24.2 Å². The molecule has 0 aliphatic rings. The summed E-state index contributed by atoms with van der Waals surface area (Å²) >= 11 is 1.70. The highest BCUT2D eigenvalue weighted by Gasteiger charge is 2.15. The summed E-state index contributed by atoms with van der Waals surface area (Å²) in [7, 11) is 0. The molecule has 0 spiro atoms. The summed E-state index contributed by atoms with van der Waals surface area (Å²) in [5.74, 6) is 0. The van der Waals surface area contributed by atoms with E-state index < -0.39 is 0 Å². The maximum absolute atomic E-state index is 5.80. The fourth-order valence-electron chi connectivity index (χ4n) is 2.17. The number of pyridine rings is 1. The van der Waals surface area contributed by atoms with Crippen LogP contribution in [0.15, 0.2) is 53.7 Å². The van der Waals surface area contributed by atoms with Crippen LogP contribution in [0.2, 0.25) is 0 Å². The number of hydrogen-bond donors (Lipinski definition) is 1. The van der Waals surface area contributed by atoms with Gasteiger partial charge in [0.15, 0.2) is 0 Å². The van der Waals surface area contributed by atoms with Gasteiger partial charge >= 0.3 is 0 Å². The Morgan fingerprint density at radius 1 is 1.19 bits per heavy atom. The maximum Gasteiger partial charge on any atom is 0.105 e. The zero-order chi connectivity index (χ0) is 14.7. The highest BCUT2D eigenvalue weighted by atomic mass is 32.2. The Kier molecular flexibility index (Phi) is 3.98. The first-order valence-electron chi connectivity index (χ1n) is 6.53. The van der Waals surface area contributed by atoms with Gasteiger partial charge in [-0.3, -0.25) is 4.98 Å². The van der Waals surface area contributed by atoms with E-state index in [-0.39, 0.29) is 0 Å². The summed E-state index contributed by atoms with van der Waals surface area (Å²) in [4.78, 5) is 5.23. The number of nitrogens with zero attached hydrogens (tertiary/aromatic N) is 4. The quantitative estimate of drug-likeness (QED) is 0.749. The van der Waals surface area contributed by atoms with Gasteiger partial charge in [-0.2, -0.15) is 0 Å². The molecular weight excluding hydrogens is 282 g/mol. The zero-order valence-corrected chi connectivity index (χ0v) is 12.4. The van der Waals surface area contributed by atoms with E-state index >= 15 is 0 Å². The lowest BCUT2D eigenvalue weighted by molar-refractivity contribution is 0.798. The Labute approximate surface area is 127 Å². The van der Waals surface area contributed by atoms with Crippen LogP contribution in [0, 0.1) is 0 Å². The normalized spacial score (nSPS) is 10.8. The molecule has 21 heavy (non-hydrogen) atoms. The minimum absolute atomic E-state index is 0.347. The van der Waals surface area contributed by atoms with E-state index in [0.717, 1.165) is 22.6 Å². The van der Waals surface area contributed by atoms with Gasteiger partial charge in [0.25, 0.3) is 0 Å². The van der Waals surface area contributed by atoms with Gasteiger partial charge in [0, 0.05) is 29.4 Å². The molecule has 0 fully saturated rings. The molecule has 3 rings (SSSR count). The van der Waals surface area contributed by atoms with E-state index in [9.17, 15) is 0 Å². The van der Waals surface area contributed by atoms with Gasteiger partial charge in [-0.25, -0.2) is 4.68 Å². The van der Waals surface area contributed by atoms with Crippen molar-refractivity contribution >= 4 is 11.8 Å². The minimum atomic E-state index is 0.347. The molecule has 0 unspecified atom stereocenters. The maximum atomic E-state index is 5.80. The number of thioether (sulfide) groups is 1. The Morgan fingerprint density at radius 3 is 2.71 bits per heavy atom. The fraction of sp³-hybridized carbons (Fsp3) is 0.133. The molecule has 0 aliphatic heterocycles. The van der Waals surface area contributed by atoms with Gasteiger partial charge in [0.05, 0.1) is 11.4 Å². The minimum Gasteiger partial charge on any atom is -0.325 e. The molecule has 2 aromatic heterocycles. The third kappa shape index (κ3) is 2.68. The SMILES string of the molecule is CSc1cccc(-n2nnc(CN)c2-c2ccncc2)c1. The van der Waals surface area contributed by atoms with E-state index in [1.807, 2.05) is 28.9 Å². The molecule has 0 radical (unpaired) electrons. The van der Waals surface area contributed by atoms with Crippen molar-refractivity contribution in [2.45, 2.75) is 11.4 Å². The molecular formula is C15H15N5S. The second-order valence-corrected chi connectivity index (χ2v) is 5.32. The van der Waals surface area contributed by atoms with Crippen molar-refractivity contribution in [3.63, 3.8) is 0 Å². The molecule has 2 heterocycles. The Hall–Kier alpha value is -2.18. The summed E-state index contributed by atoms with van der Waals surface area (Å²) < 4.78 is 1.83. The fourth-order valence-corrected chi connectivity index (χ4v) is 2.63. The zero-order valence-electron chi connectivity index (χ0n) is 11.6. The van der Waals surface area contributed by atoms with Crippen LogP contribution in [0.5, 0.6) is 0 Å². The third-order valence-electron chi connectivity index (χ3n) is 3.19. The summed E-state index contributed by atoms with van der Waals surface area (Å²) in [6.07, 6.45) is 5.56. The van der Waals surface area contributed by atoms with E-state index in [2.05, 4.69) is 33.7 Å². The van der Waals surface area contributed by atoms with Crippen molar-refractivity contribution in [2.75, 3.05) is 6.26 Å². The molecule has 3 aromatic rings. The van der Waals surface area contributed by atoms with E-state index in [1.165, 1.54) is 4.90 Å². The highest BCUT2D eigenvalue weighted by Crippen LogP contribution is 2.26. The molecule has 0 atom stereocenters. The van der Waals surface area contributed by atoms with Crippen LogP contribution in [-0.4, -0.2) is 26.2 Å². The number of nitrogens with two attached hydrogens (primary N) is 1. The molecule has 0 aliphatic carbocycles. The van der Waals surface area contributed by atoms with Crippen molar-refractivity contribution in [1.82, 2.24) is 20.0 Å². The molecule has 106 valence electrons. The van der Waals surface area contributed by atoms with Gasteiger partial charge in [0.2, 0.25) is 0 Å². The van der Waals surface area contributed by atoms with Crippen molar-refractivity contribution in [2.24, 2.45) is 5.73 Å². The molecule has 0 bridgehead atoms. The third-order valence-corrected chi connectivity index (χ3v) is 3.91. The lowest BCUT2D eigenvalue weighted by atomic mass is 10.1. The summed E-state index contributed by atoms with van der Waals surface area (Å²) in [5.41, 5.74) is 9.47. The summed E-state index contributed by atoms with van der Waals surface area (Å²) in [6.45, 7) is 0.347. The monoisotopic (exact) mass is 297 g/mol. The van der Waals surface area contributed by atoms with Gasteiger partial charge < -0.3 is 5.73 Å². The van der Waals surface area contributed by atoms with Crippen molar-refractivity contribution in [3.05, 3.63) is 54.5 Å². The average Bonchev–Trinajstić information content (AvgIpc) is 2.99. The first-order chi connectivity index (χ1) is 10.3. The largest absolute Gasteiger partial charge is 0.325 e. The predicted molar refractivity (Wildman–Crippen MR) is 84.3 cm³/mol. The summed E-state index contributed by atoms with van der Waals surface area (Å²) in [5, 5.41) is 8.47.